The van der Waals surface area contributed by atoms with Gasteiger partial charge in [-0.15, -0.1) is 0 Å². The number of ether oxygens (including phenoxy) is 1. The summed E-state index contributed by atoms with van der Waals surface area (Å²) in [7, 11) is -0.314. The van der Waals surface area contributed by atoms with Crippen molar-refractivity contribution in [3.63, 3.8) is 0 Å². The first-order chi connectivity index (χ1) is 9.41. The van der Waals surface area contributed by atoms with Gasteiger partial charge in [-0.3, -0.25) is 0 Å². The zero-order valence-corrected chi connectivity index (χ0v) is 13.0. The van der Waals surface area contributed by atoms with Crippen molar-refractivity contribution in [1.29, 1.82) is 0 Å². The van der Waals surface area contributed by atoms with Gasteiger partial charge in [0, 0.05) is 38.3 Å². The predicted octanol–water partition coefficient (Wildman–Crippen LogP) is 1.77. The first-order valence-corrected chi connectivity index (χ1v) is 8.22. The van der Waals surface area contributed by atoms with Gasteiger partial charge in [-0.05, 0) is 31.5 Å². The summed E-state index contributed by atoms with van der Waals surface area (Å²) in [5.41, 5.74) is 0.826. The number of hydrogen-bond donors (Lipinski definition) is 1. The van der Waals surface area contributed by atoms with Gasteiger partial charge in [0.05, 0.1) is 11.5 Å². The smallest absolute Gasteiger partial charge is 0.242 e. The Morgan fingerprint density at radius 2 is 2.15 bits per heavy atom. The molecule has 1 aromatic rings. The van der Waals surface area contributed by atoms with Crippen molar-refractivity contribution in [2.24, 2.45) is 5.92 Å². The molecule has 112 valence electrons. The number of nitrogens with one attached hydrogen (secondary N) is 1. The highest BCUT2D eigenvalue weighted by Crippen LogP contribution is 2.22. The van der Waals surface area contributed by atoms with Crippen molar-refractivity contribution in [2.75, 3.05) is 32.6 Å². The fraction of sp³-hybridized carbons (Fsp3) is 0.571. The van der Waals surface area contributed by atoms with Crippen molar-refractivity contribution < 1.29 is 13.2 Å². The van der Waals surface area contributed by atoms with Gasteiger partial charge in [0.1, 0.15) is 0 Å². The van der Waals surface area contributed by atoms with Crippen molar-refractivity contribution in [2.45, 2.75) is 24.3 Å². The van der Waals surface area contributed by atoms with E-state index in [2.05, 4.69) is 12.2 Å². The molecule has 1 aliphatic rings. The van der Waals surface area contributed by atoms with E-state index in [9.17, 15) is 8.42 Å². The Balaban J connectivity index is 2.14. The zero-order chi connectivity index (χ0) is 14.8. The minimum atomic E-state index is -3.39. The molecule has 20 heavy (non-hydrogen) atoms. The normalized spacial score (nSPS) is 21.1. The van der Waals surface area contributed by atoms with Crippen LogP contribution in [0, 0.1) is 5.92 Å². The van der Waals surface area contributed by atoms with Crippen LogP contribution in [0.4, 0.5) is 5.69 Å². The molecule has 0 amide bonds. The molecule has 0 aliphatic carbocycles. The summed E-state index contributed by atoms with van der Waals surface area (Å²) < 4.78 is 30.8. The average molecular weight is 298 g/mol. The maximum Gasteiger partial charge on any atom is 0.242 e. The van der Waals surface area contributed by atoms with Crippen LogP contribution in [0.1, 0.15) is 13.3 Å². The van der Waals surface area contributed by atoms with Crippen molar-refractivity contribution in [1.82, 2.24) is 4.31 Å². The molecule has 1 aliphatic heterocycles. The minimum absolute atomic E-state index is 0.259. The van der Waals surface area contributed by atoms with E-state index in [0.717, 1.165) is 25.3 Å². The van der Waals surface area contributed by atoms with E-state index < -0.39 is 10.0 Å². The lowest BCUT2D eigenvalue weighted by atomic mass is 10.0. The minimum Gasteiger partial charge on any atom is -0.382 e. The molecule has 1 saturated heterocycles. The number of benzene rings is 1. The van der Waals surface area contributed by atoms with Gasteiger partial charge in [0.2, 0.25) is 10.0 Å². The molecule has 1 fully saturated rings. The van der Waals surface area contributed by atoms with Crippen LogP contribution in [-0.2, 0) is 14.8 Å². The van der Waals surface area contributed by atoms with E-state index in [1.165, 1.54) is 18.4 Å². The Bertz CT molecular complexity index is 551. The average Bonchev–Trinajstić information content (AvgIpc) is 2.92. The number of nitrogens with zero attached hydrogens (tertiary/aromatic N) is 1. The fourth-order valence-corrected chi connectivity index (χ4v) is 3.23. The molecule has 1 aromatic carbocycles. The molecular formula is C14H22N2O3S. The SMILES string of the molecule is CC(Nc1cccc(S(=O)(=O)N(C)C)c1)C1CCOC1. The lowest BCUT2D eigenvalue weighted by molar-refractivity contribution is 0.183. The summed E-state index contributed by atoms with van der Waals surface area (Å²) in [5.74, 6) is 0.476. The first kappa shape index (κ1) is 15.3. The molecule has 6 heteroatoms. The second-order valence-corrected chi connectivity index (χ2v) is 7.52. The zero-order valence-electron chi connectivity index (χ0n) is 12.2. The molecule has 1 heterocycles. The van der Waals surface area contributed by atoms with E-state index in [0.29, 0.717) is 10.8 Å². The van der Waals surface area contributed by atoms with Crippen LogP contribution in [0.5, 0.6) is 0 Å². The molecule has 2 rings (SSSR count). The standard InChI is InChI=1S/C14H22N2O3S/c1-11(12-7-8-19-10-12)15-13-5-4-6-14(9-13)20(17,18)16(2)3/h4-6,9,11-12,15H,7-8,10H2,1-3H3. The summed E-state index contributed by atoms with van der Waals surface area (Å²) in [6.07, 6.45) is 1.05. The van der Waals surface area contributed by atoms with E-state index in [4.69, 9.17) is 4.74 Å². The van der Waals surface area contributed by atoms with Crippen LogP contribution in [0.2, 0.25) is 0 Å². The Kier molecular flexibility index (Phi) is 4.67. The third-order valence-corrected chi connectivity index (χ3v) is 5.49. The molecule has 0 aromatic heterocycles. The van der Waals surface area contributed by atoms with Gasteiger partial charge < -0.3 is 10.1 Å². The fourth-order valence-electron chi connectivity index (χ4n) is 2.28. The predicted molar refractivity (Wildman–Crippen MR) is 79.3 cm³/mol. The molecule has 0 bridgehead atoms. The maximum atomic E-state index is 12.1. The van der Waals surface area contributed by atoms with Gasteiger partial charge in [-0.25, -0.2) is 12.7 Å². The molecular weight excluding hydrogens is 276 g/mol. The van der Waals surface area contributed by atoms with Gasteiger partial charge in [-0.1, -0.05) is 6.07 Å². The summed E-state index contributed by atoms with van der Waals surface area (Å²) >= 11 is 0. The lowest BCUT2D eigenvalue weighted by Crippen LogP contribution is -2.26. The first-order valence-electron chi connectivity index (χ1n) is 6.78. The number of sulfonamides is 1. The summed E-state index contributed by atoms with van der Waals surface area (Å²) in [6, 6.07) is 7.21. The maximum absolute atomic E-state index is 12.1. The van der Waals surface area contributed by atoms with Crippen LogP contribution < -0.4 is 5.32 Å². The molecule has 0 spiro atoms. The summed E-state index contributed by atoms with van der Waals surface area (Å²) in [4.78, 5) is 0.308. The van der Waals surface area contributed by atoms with E-state index in [1.54, 1.807) is 18.2 Å². The monoisotopic (exact) mass is 298 g/mol. The van der Waals surface area contributed by atoms with E-state index in [1.807, 2.05) is 6.07 Å². The van der Waals surface area contributed by atoms with Crippen LogP contribution in [0.25, 0.3) is 0 Å². The Morgan fingerprint density at radius 3 is 2.75 bits per heavy atom. The van der Waals surface area contributed by atoms with Crippen LogP contribution in [-0.4, -0.2) is 46.1 Å². The Morgan fingerprint density at radius 1 is 1.40 bits per heavy atom. The highest BCUT2D eigenvalue weighted by atomic mass is 32.2. The Labute approximate surface area is 121 Å². The topological polar surface area (TPSA) is 58.6 Å². The number of anilines is 1. The molecule has 1 N–H and O–H groups in total. The summed E-state index contributed by atoms with van der Waals surface area (Å²) in [6.45, 7) is 3.68. The third-order valence-electron chi connectivity index (χ3n) is 3.68. The second kappa shape index (κ2) is 6.11. The lowest BCUT2D eigenvalue weighted by Gasteiger charge is -2.21. The van der Waals surface area contributed by atoms with Crippen molar-refractivity contribution in [3.8, 4) is 0 Å². The summed E-state index contributed by atoms with van der Waals surface area (Å²) in [5, 5.41) is 3.37. The number of hydrogen-bond acceptors (Lipinski definition) is 4. The van der Waals surface area contributed by atoms with Crippen LogP contribution in [0.15, 0.2) is 29.2 Å². The van der Waals surface area contributed by atoms with E-state index in [-0.39, 0.29) is 6.04 Å². The quantitative estimate of drug-likeness (QED) is 0.900. The third kappa shape index (κ3) is 3.31. The van der Waals surface area contributed by atoms with Crippen molar-refractivity contribution >= 4 is 15.7 Å². The van der Waals surface area contributed by atoms with Crippen molar-refractivity contribution in [3.05, 3.63) is 24.3 Å². The molecule has 0 saturated carbocycles. The largest absolute Gasteiger partial charge is 0.382 e. The number of rotatable bonds is 5. The molecule has 0 radical (unpaired) electrons. The second-order valence-electron chi connectivity index (χ2n) is 5.37. The van der Waals surface area contributed by atoms with E-state index >= 15 is 0 Å². The molecule has 2 unspecified atom stereocenters. The molecule has 5 nitrogen and oxygen atoms in total. The van der Waals surface area contributed by atoms with Gasteiger partial charge >= 0.3 is 0 Å². The highest BCUT2D eigenvalue weighted by Gasteiger charge is 2.23. The molecule has 2 atom stereocenters. The van der Waals surface area contributed by atoms with Crippen LogP contribution >= 0.6 is 0 Å². The van der Waals surface area contributed by atoms with Gasteiger partial charge in [0.25, 0.3) is 0 Å². The Hall–Kier alpha value is -1.11. The highest BCUT2D eigenvalue weighted by molar-refractivity contribution is 7.89. The van der Waals surface area contributed by atoms with Gasteiger partial charge in [0.15, 0.2) is 0 Å². The van der Waals surface area contributed by atoms with Gasteiger partial charge in [-0.2, -0.15) is 0 Å². The van der Waals surface area contributed by atoms with Crippen LogP contribution in [0.3, 0.4) is 0 Å².